The minimum atomic E-state index is -0.614. The summed E-state index contributed by atoms with van der Waals surface area (Å²) in [4.78, 5) is 11.4. The maximum atomic E-state index is 11.4. The fraction of sp³-hybridized carbons (Fsp3) is 0.781. The van der Waals surface area contributed by atoms with Crippen molar-refractivity contribution in [2.75, 3.05) is 0 Å². The molecule has 36 heavy (non-hydrogen) atoms. The fourth-order valence-corrected chi connectivity index (χ4v) is 8.48. The van der Waals surface area contributed by atoms with Crippen molar-refractivity contribution >= 4 is 5.97 Å². The molecule has 0 aromatic heterocycles. The summed E-state index contributed by atoms with van der Waals surface area (Å²) in [6.45, 7) is 4.49. The number of aliphatic carboxylic acids is 1. The molecular formula is C32H50O4. The number of carboxylic acids is 1. The number of aromatic hydroxyl groups is 1. The van der Waals surface area contributed by atoms with Crippen LogP contribution in [0.15, 0.2) is 18.2 Å². The highest BCUT2D eigenvalue weighted by molar-refractivity contribution is 5.69. The van der Waals surface area contributed by atoms with E-state index in [-0.39, 0.29) is 17.4 Å². The lowest BCUT2D eigenvalue weighted by Gasteiger charge is -2.54. The number of aryl methyl sites for hydroxylation is 1. The minimum absolute atomic E-state index is 0.0682. The summed E-state index contributed by atoms with van der Waals surface area (Å²) in [5.74, 6) is 2.11. The first kappa shape index (κ1) is 27.5. The number of unbranched alkanes of at least 4 members (excludes halogenated alkanes) is 6. The van der Waals surface area contributed by atoms with E-state index < -0.39 is 5.97 Å². The van der Waals surface area contributed by atoms with E-state index in [1.165, 1.54) is 56.1 Å². The van der Waals surface area contributed by atoms with Crippen molar-refractivity contribution in [3.63, 3.8) is 0 Å². The molecule has 7 atom stereocenters. The molecule has 0 amide bonds. The van der Waals surface area contributed by atoms with Crippen molar-refractivity contribution < 1.29 is 20.1 Å². The monoisotopic (exact) mass is 498 g/mol. The van der Waals surface area contributed by atoms with E-state index >= 15 is 0 Å². The fourth-order valence-electron chi connectivity index (χ4n) is 8.48. The van der Waals surface area contributed by atoms with Crippen LogP contribution in [0.1, 0.15) is 127 Å². The molecule has 202 valence electrons. The van der Waals surface area contributed by atoms with Crippen molar-refractivity contribution in [3.05, 3.63) is 29.3 Å². The zero-order valence-corrected chi connectivity index (χ0v) is 22.8. The number of hydrogen-bond donors (Lipinski definition) is 3. The van der Waals surface area contributed by atoms with E-state index in [1.807, 2.05) is 12.1 Å². The number of phenolic OH excluding ortho intramolecular Hbond substituents is 1. The van der Waals surface area contributed by atoms with Gasteiger partial charge in [-0.15, -0.1) is 0 Å². The van der Waals surface area contributed by atoms with E-state index in [1.54, 1.807) is 0 Å². The third kappa shape index (κ3) is 5.95. The summed E-state index contributed by atoms with van der Waals surface area (Å²) in [5, 5.41) is 30.5. The van der Waals surface area contributed by atoms with Gasteiger partial charge in [0, 0.05) is 0 Å². The summed E-state index contributed by atoms with van der Waals surface area (Å²) in [6, 6.07) is 6.08. The van der Waals surface area contributed by atoms with Crippen molar-refractivity contribution in [1.82, 2.24) is 0 Å². The lowest BCUT2D eigenvalue weighted by Crippen LogP contribution is -2.47. The van der Waals surface area contributed by atoms with E-state index in [9.17, 15) is 20.1 Å². The summed E-state index contributed by atoms with van der Waals surface area (Å²) < 4.78 is 0. The molecule has 3 aliphatic carbocycles. The summed E-state index contributed by atoms with van der Waals surface area (Å²) in [5.41, 5.74) is 2.90. The maximum absolute atomic E-state index is 11.4. The second-order valence-electron chi connectivity index (χ2n) is 12.7. The number of benzene rings is 1. The smallest absolute Gasteiger partial charge is 0.306 e. The number of fused-ring (bicyclic) bond motifs is 5. The van der Waals surface area contributed by atoms with Crippen molar-refractivity contribution in [2.45, 2.75) is 129 Å². The van der Waals surface area contributed by atoms with Crippen LogP contribution in [0.2, 0.25) is 0 Å². The predicted molar refractivity (Wildman–Crippen MR) is 145 cm³/mol. The first-order chi connectivity index (χ1) is 17.3. The molecule has 3 aliphatic rings. The molecule has 1 aromatic carbocycles. The van der Waals surface area contributed by atoms with Gasteiger partial charge in [0.15, 0.2) is 0 Å². The van der Waals surface area contributed by atoms with Gasteiger partial charge in [-0.2, -0.15) is 0 Å². The number of carboxylic acid groups (broad SMARTS) is 1. The highest BCUT2D eigenvalue weighted by Crippen LogP contribution is 2.63. The highest BCUT2D eigenvalue weighted by Gasteiger charge is 2.57. The van der Waals surface area contributed by atoms with Crippen LogP contribution in [0, 0.1) is 29.1 Å². The molecule has 4 nitrogen and oxygen atoms in total. The molecule has 0 radical (unpaired) electrons. The zero-order chi connectivity index (χ0) is 25.7. The Bertz CT molecular complexity index is 866. The predicted octanol–water partition coefficient (Wildman–Crippen LogP) is 7.85. The van der Waals surface area contributed by atoms with Crippen LogP contribution in [0.4, 0.5) is 0 Å². The molecular weight excluding hydrogens is 448 g/mol. The number of phenols is 1. The van der Waals surface area contributed by atoms with Gasteiger partial charge in [0.2, 0.25) is 0 Å². The maximum Gasteiger partial charge on any atom is 0.306 e. The first-order valence-electron chi connectivity index (χ1n) is 15.1. The van der Waals surface area contributed by atoms with Gasteiger partial charge >= 0.3 is 5.97 Å². The van der Waals surface area contributed by atoms with Crippen molar-refractivity contribution in [3.8, 4) is 5.75 Å². The normalized spacial score (nSPS) is 31.9. The molecule has 1 aromatic rings. The average molecular weight is 499 g/mol. The molecule has 7 unspecified atom stereocenters. The van der Waals surface area contributed by atoms with Gasteiger partial charge < -0.3 is 15.3 Å². The molecule has 0 bridgehead atoms. The van der Waals surface area contributed by atoms with Crippen molar-refractivity contribution in [1.29, 1.82) is 0 Å². The van der Waals surface area contributed by atoms with Gasteiger partial charge in [-0.1, -0.05) is 71.3 Å². The van der Waals surface area contributed by atoms with Gasteiger partial charge in [-0.05, 0) is 104 Å². The van der Waals surface area contributed by atoms with Gasteiger partial charge in [0.05, 0.1) is 12.0 Å². The van der Waals surface area contributed by atoms with Crippen LogP contribution in [-0.2, 0) is 11.2 Å². The number of rotatable bonds is 13. The van der Waals surface area contributed by atoms with Crippen LogP contribution in [-0.4, -0.2) is 27.4 Å². The SMILES string of the molecule is CCCCC(CCCCCCCCC1CC2(C)C(O)CCC2C2CCc3cc(O)ccc3C12)C(=O)O. The lowest BCUT2D eigenvalue weighted by atomic mass is 9.51. The Morgan fingerprint density at radius 2 is 1.75 bits per heavy atom. The van der Waals surface area contributed by atoms with Gasteiger partial charge in [0.1, 0.15) is 5.75 Å². The number of aliphatic hydroxyl groups excluding tert-OH is 1. The van der Waals surface area contributed by atoms with Crippen LogP contribution < -0.4 is 0 Å². The molecule has 3 N–H and O–H groups in total. The average Bonchev–Trinajstić information content (AvgIpc) is 3.15. The van der Waals surface area contributed by atoms with Crippen molar-refractivity contribution in [2.24, 2.45) is 29.1 Å². The number of hydrogen-bond acceptors (Lipinski definition) is 3. The third-order valence-electron chi connectivity index (χ3n) is 10.4. The van der Waals surface area contributed by atoms with Gasteiger partial charge in [0.25, 0.3) is 0 Å². The summed E-state index contributed by atoms with van der Waals surface area (Å²) in [7, 11) is 0. The summed E-state index contributed by atoms with van der Waals surface area (Å²) in [6.07, 6.45) is 17.4. The van der Waals surface area contributed by atoms with E-state index in [2.05, 4.69) is 19.9 Å². The highest BCUT2D eigenvalue weighted by atomic mass is 16.4. The number of aliphatic hydroxyl groups is 1. The van der Waals surface area contributed by atoms with Crippen LogP contribution in [0.25, 0.3) is 0 Å². The molecule has 4 rings (SSSR count). The zero-order valence-electron chi connectivity index (χ0n) is 22.8. The standard InChI is InChI=1S/C32H50O4/c1-3-4-11-22(31(35)36)12-9-7-5-6-8-10-13-24-21-32(2)28(18-19-29(32)34)27-16-14-23-20-25(33)15-17-26(23)30(24)27/h15,17,20,22,24,27-30,33-34H,3-14,16,18-19,21H2,1-2H3,(H,35,36). The molecule has 2 saturated carbocycles. The van der Waals surface area contributed by atoms with Crippen LogP contribution in [0.5, 0.6) is 5.75 Å². The van der Waals surface area contributed by atoms with E-state index in [4.69, 9.17) is 0 Å². The Morgan fingerprint density at radius 1 is 1.03 bits per heavy atom. The van der Waals surface area contributed by atoms with E-state index in [0.717, 1.165) is 57.8 Å². The Morgan fingerprint density at radius 3 is 2.50 bits per heavy atom. The van der Waals surface area contributed by atoms with Crippen LogP contribution in [0.3, 0.4) is 0 Å². The Labute approximate surface area is 218 Å². The molecule has 0 aliphatic heterocycles. The van der Waals surface area contributed by atoms with Crippen LogP contribution >= 0.6 is 0 Å². The minimum Gasteiger partial charge on any atom is -0.508 e. The topological polar surface area (TPSA) is 77.8 Å². The lowest BCUT2D eigenvalue weighted by molar-refractivity contribution is -0.142. The van der Waals surface area contributed by atoms with E-state index in [0.29, 0.717) is 29.4 Å². The molecule has 2 fully saturated rings. The first-order valence-corrected chi connectivity index (χ1v) is 15.1. The Hall–Kier alpha value is -1.55. The van der Waals surface area contributed by atoms with Gasteiger partial charge in [-0.3, -0.25) is 4.79 Å². The molecule has 0 spiro atoms. The Kier molecular flexibility index (Phi) is 9.41. The molecule has 0 heterocycles. The summed E-state index contributed by atoms with van der Waals surface area (Å²) >= 11 is 0. The Balaban J connectivity index is 1.28. The molecule has 0 saturated heterocycles. The largest absolute Gasteiger partial charge is 0.508 e. The second-order valence-corrected chi connectivity index (χ2v) is 12.7. The van der Waals surface area contributed by atoms with Gasteiger partial charge in [-0.25, -0.2) is 0 Å². The number of carbonyl (C=O) groups is 1. The third-order valence-corrected chi connectivity index (χ3v) is 10.4. The second kappa shape index (κ2) is 12.3. The molecule has 4 heteroatoms. The quantitative estimate of drug-likeness (QED) is 0.242.